The first-order valence-electron chi connectivity index (χ1n) is 8.36. The van der Waals surface area contributed by atoms with Crippen LogP contribution in [0.4, 0.5) is 0 Å². The Labute approximate surface area is 136 Å². The summed E-state index contributed by atoms with van der Waals surface area (Å²) in [6.07, 6.45) is 7.02. The van der Waals surface area contributed by atoms with Gasteiger partial charge in [0.15, 0.2) is 5.76 Å². The van der Waals surface area contributed by atoms with E-state index >= 15 is 0 Å². The van der Waals surface area contributed by atoms with E-state index in [2.05, 4.69) is 29.3 Å². The number of aryl methyl sites for hydroxylation is 1. The molecule has 0 aromatic carbocycles. The van der Waals surface area contributed by atoms with Gasteiger partial charge in [0.1, 0.15) is 0 Å². The number of hydrogen-bond donors (Lipinski definition) is 1. The van der Waals surface area contributed by atoms with Gasteiger partial charge in [0.25, 0.3) is 0 Å². The van der Waals surface area contributed by atoms with Crippen molar-refractivity contribution in [2.24, 2.45) is 5.92 Å². The minimum Gasteiger partial charge on any atom is -0.461 e. The predicted molar refractivity (Wildman–Crippen MR) is 86.6 cm³/mol. The summed E-state index contributed by atoms with van der Waals surface area (Å²) < 4.78 is 10.3. The third-order valence-electron chi connectivity index (χ3n) is 3.91. The summed E-state index contributed by atoms with van der Waals surface area (Å²) in [7, 11) is 0. The summed E-state index contributed by atoms with van der Waals surface area (Å²) >= 11 is 0. The number of aromatic nitrogens is 2. The van der Waals surface area contributed by atoms with Gasteiger partial charge in [-0.05, 0) is 24.5 Å². The van der Waals surface area contributed by atoms with E-state index in [1.165, 1.54) is 19.3 Å². The van der Waals surface area contributed by atoms with Gasteiger partial charge < -0.3 is 14.3 Å². The van der Waals surface area contributed by atoms with Crippen molar-refractivity contribution in [2.75, 3.05) is 6.54 Å². The average Bonchev–Trinajstić information content (AvgIpc) is 3.24. The molecule has 2 aromatic rings. The van der Waals surface area contributed by atoms with E-state index in [4.69, 9.17) is 8.94 Å². The smallest absolute Gasteiger partial charge is 0.238 e. The first kappa shape index (κ1) is 17.2. The van der Waals surface area contributed by atoms with Gasteiger partial charge in [0, 0.05) is 19.4 Å². The lowest BCUT2D eigenvalue weighted by Gasteiger charge is -2.14. The first-order valence-corrected chi connectivity index (χ1v) is 8.36. The zero-order chi connectivity index (χ0) is 16.5. The van der Waals surface area contributed by atoms with Gasteiger partial charge in [-0.3, -0.25) is 4.79 Å². The molecule has 1 atom stereocenters. The molecule has 0 saturated heterocycles. The second-order valence-corrected chi connectivity index (χ2v) is 5.71. The van der Waals surface area contributed by atoms with Crippen molar-refractivity contribution >= 4 is 5.91 Å². The zero-order valence-corrected chi connectivity index (χ0v) is 13.9. The Hall–Kier alpha value is -2.11. The molecule has 0 fully saturated rings. The predicted octanol–water partition coefficient (Wildman–Crippen LogP) is 3.59. The van der Waals surface area contributed by atoms with E-state index in [-0.39, 0.29) is 5.91 Å². The molecule has 0 saturated carbocycles. The summed E-state index contributed by atoms with van der Waals surface area (Å²) in [5, 5.41) is 6.85. The second-order valence-electron chi connectivity index (χ2n) is 5.71. The molecule has 1 amide bonds. The molecular formula is C17H25N3O3. The van der Waals surface area contributed by atoms with Crippen molar-refractivity contribution in [1.82, 2.24) is 15.5 Å². The van der Waals surface area contributed by atoms with Crippen LogP contribution in [0.5, 0.6) is 0 Å². The molecule has 6 nitrogen and oxygen atoms in total. The lowest BCUT2D eigenvalue weighted by Crippen LogP contribution is -2.29. The fourth-order valence-electron chi connectivity index (χ4n) is 2.37. The molecule has 0 bridgehead atoms. The highest BCUT2D eigenvalue weighted by Gasteiger charge is 2.13. The molecule has 1 unspecified atom stereocenters. The quantitative estimate of drug-likeness (QED) is 0.723. The first-order chi connectivity index (χ1) is 11.2. The van der Waals surface area contributed by atoms with Gasteiger partial charge in [-0.15, -0.1) is 0 Å². The van der Waals surface area contributed by atoms with E-state index in [0.29, 0.717) is 36.2 Å². The highest BCUT2D eigenvalue weighted by atomic mass is 16.5. The third-order valence-corrected chi connectivity index (χ3v) is 3.91. The van der Waals surface area contributed by atoms with Gasteiger partial charge in [0.05, 0.1) is 6.26 Å². The maximum atomic E-state index is 11.9. The Morgan fingerprint density at radius 3 is 2.96 bits per heavy atom. The van der Waals surface area contributed by atoms with E-state index in [0.717, 1.165) is 13.0 Å². The number of unbranched alkanes of at least 4 members (excludes halogenated alkanes) is 1. The van der Waals surface area contributed by atoms with Crippen LogP contribution in [0.25, 0.3) is 11.6 Å². The largest absolute Gasteiger partial charge is 0.461 e. The van der Waals surface area contributed by atoms with Crippen LogP contribution in [0.3, 0.4) is 0 Å². The van der Waals surface area contributed by atoms with Gasteiger partial charge in [-0.2, -0.15) is 4.98 Å². The van der Waals surface area contributed by atoms with Gasteiger partial charge in [-0.25, -0.2) is 0 Å². The molecule has 0 aliphatic rings. The molecule has 0 radical (unpaired) electrons. The zero-order valence-electron chi connectivity index (χ0n) is 13.9. The number of hydrogen-bond acceptors (Lipinski definition) is 5. The molecule has 2 aromatic heterocycles. The number of furan rings is 1. The van der Waals surface area contributed by atoms with Crippen LogP contribution in [0.15, 0.2) is 27.3 Å². The van der Waals surface area contributed by atoms with Crippen molar-refractivity contribution in [2.45, 2.75) is 52.4 Å². The van der Waals surface area contributed by atoms with Crippen LogP contribution in [0, 0.1) is 5.92 Å². The molecule has 1 N–H and O–H groups in total. The molecule has 6 heteroatoms. The fraction of sp³-hybridized carbons (Fsp3) is 0.588. The molecule has 23 heavy (non-hydrogen) atoms. The van der Waals surface area contributed by atoms with Gasteiger partial charge >= 0.3 is 0 Å². The molecule has 0 aliphatic heterocycles. The molecule has 0 spiro atoms. The summed E-state index contributed by atoms with van der Waals surface area (Å²) in [5.74, 6) is 2.01. The molecule has 2 heterocycles. The third kappa shape index (κ3) is 5.54. The Morgan fingerprint density at radius 2 is 2.26 bits per heavy atom. The standard InChI is InChI=1S/C17H25N3O3/c1-3-5-7-13(4-2)12-18-15(21)9-10-16-19-17(20-23-16)14-8-6-11-22-14/h6,8,11,13H,3-5,7,9-10,12H2,1-2H3,(H,18,21). The van der Waals surface area contributed by atoms with Crippen molar-refractivity contribution in [1.29, 1.82) is 0 Å². The second kappa shape index (κ2) is 9.12. The lowest BCUT2D eigenvalue weighted by molar-refractivity contribution is -0.121. The average molecular weight is 319 g/mol. The van der Waals surface area contributed by atoms with Gasteiger partial charge in [0.2, 0.25) is 17.6 Å². The monoisotopic (exact) mass is 319 g/mol. The Bertz CT molecular complexity index is 578. The number of nitrogens with one attached hydrogen (secondary N) is 1. The number of carbonyl (C=O) groups excluding carboxylic acids is 1. The maximum absolute atomic E-state index is 11.9. The van der Waals surface area contributed by atoms with Crippen LogP contribution >= 0.6 is 0 Å². The molecule has 126 valence electrons. The molecular weight excluding hydrogens is 294 g/mol. The van der Waals surface area contributed by atoms with E-state index in [1.54, 1.807) is 18.4 Å². The van der Waals surface area contributed by atoms with E-state index in [1.807, 2.05) is 0 Å². The topological polar surface area (TPSA) is 81.2 Å². The van der Waals surface area contributed by atoms with Crippen molar-refractivity contribution in [3.63, 3.8) is 0 Å². The van der Waals surface area contributed by atoms with Crippen LogP contribution in [-0.4, -0.2) is 22.6 Å². The number of carbonyl (C=O) groups is 1. The minimum absolute atomic E-state index is 0.0256. The Kier molecular flexibility index (Phi) is 6.84. The fourth-order valence-corrected chi connectivity index (χ4v) is 2.37. The Morgan fingerprint density at radius 1 is 1.39 bits per heavy atom. The maximum Gasteiger partial charge on any atom is 0.238 e. The van der Waals surface area contributed by atoms with Crippen molar-refractivity contribution in [3.8, 4) is 11.6 Å². The van der Waals surface area contributed by atoms with Crippen molar-refractivity contribution < 1.29 is 13.7 Å². The molecule has 2 rings (SSSR count). The lowest BCUT2D eigenvalue weighted by atomic mass is 9.99. The highest BCUT2D eigenvalue weighted by molar-refractivity contribution is 5.76. The normalized spacial score (nSPS) is 12.3. The van der Waals surface area contributed by atoms with E-state index in [9.17, 15) is 4.79 Å². The number of rotatable bonds is 10. The van der Waals surface area contributed by atoms with Gasteiger partial charge in [-0.1, -0.05) is 38.3 Å². The highest BCUT2D eigenvalue weighted by Crippen LogP contribution is 2.16. The SMILES string of the molecule is CCCCC(CC)CNC(=O)CCc1nc(-c2ccco2)no1. The van der Waals surface area contributed by atoms with E-state index < -0.39 is 0 Å². The van der Waals surface area contributed by atoms with Crippen LogP contribution < -0.4 is 5.32 Å². The summed E-state index contributed by atoms with van der Waals surface area (Å²) in [6, 6.07) is 3.53. The number of nitrogens with zero attached hydrogens (tertiary/aromatic N) is 2. The summed E-state index contributed by atoms with van der Waals surface area (Å²) in [4.78, 5) is 16.2. The Balaban J connectivity index is 1.72. The number of amides is 1. The summed E-state index contributed by atoms with van der Waals surface area (Å²) in [5.41, 5.74) is 0. The van der Waals surface area contributed by atoms with Crippen molar-refractivity contribution in [3.05, 3.63) is 24.3 Å². The van der Waals surface area contributed by atoms with Crippen LogP contribution in [0.2, 0.25) is 0 Å². The molecule has 0 aliphatic carbocycles. The van der Waals surface area contributed by atoms with Crippen LogP contribution in [0.1, 0.15) is 51.8 Å². The van der Waals surface area contributed by atoms with Crippen LogP contribution in [-0.2, 0) is 11.2 Å². The summed E-state index contributed by atoms with van der Waals surface area (Å²) in [6.45, 7) is 5.10. The minimum atomic E-state index is 0.0256.